The fraction of sp³-hybridized carbons (Fsp3) is 0.588. The van der Waals surface area contributed by atoms with Gasteiger partial charge >= 0.3 is 0 Å². The van der Waals surface area contributed by atoms with Crippen LogP contribution in [0, 0.1) is 6.92 Å². The molecule has 0 saturated carbocycles. The van der Waals surface area contributed by atoms with E-state index in [1.165, 1.54) is 5.69 Å². The third kappa shape index (κ3) is 3.36. The number of thioether (sulfide) groups is 1. The summed E-state index contributed by atoms with van der Waals surface area (Å²) in [5, 5.41) is 2.88. The smallest absolute Gasteiger partial charge is 0.246 e. The average Bonchev–Trinajstić information content (AvgIpc) is 2.57. The molecular weight excluding hydrogens is 324 g/mol. The van der Waals surface area contributed by atoms with E-state index in [1.54, 1.807) is 18.0 Å². The molecule has 0 bridgehead atoms. The predicted molar refractivity (Wildman–Crippen MR) is 96.2 cm³/mol. The first-order valence-corrected chi connectivity index (χ1v) is 9.26. The van der Waals surface area contributed by atoms with Gasteiger partial charge in [-0.2, -0.15) is 0 Å². The van der Waals surface area contributed by atoms with Gasteiger partial charge in [-0.15, -0.1) is 11.8 Å². The molecule has 0 aliphatic carbocycles. The third-order valence-corrected chi connectivity index (χ3v) is 6.09. The van der Waals surface area contributed by atoms with E-state index in [-0.39, 0.29) is 11.8 Å². The van der Waals surface area contributed by atoms with Crippen LogP contribution in [0.4, 0.5) is 5.69 Å². The lowest BCUT2D eigenvalue weighted by molar-refractivity contribution is -0.136. The van der Waals surface area contributed by atoms with Gasteiger partial charge in [0.2, 0.25) is 11.8 Å². The van der Waals surface area contributed by atoms with Crippen LogP contribution in [0.15, 0.2) is 18.5 Å². The van der Waals surface area contributed by atoms with Crippen molar-refractivity contribution in [1.29, 1.82) is 0 Å². The van der Waals surface area contributed by atoms with Crippen LogP contribution >= 0.6 is 11.8 Å². The van der Waals surface area contributed by atoms with Crippen molar-refractivity contribution in [3.63, 3.8) is 0 Å². The summed E-state index contributed by atoms with van der Waals surface area (Å²) in [7, 11) is 0. The Bertz CT molecular complexity index is 641. The van der Waals surface area contributed by atoms with E-state index in [0.717, 1.165) is 18.7 Å². The number of anilines is 1. The quantitative estimate of drug-likeness (QED) is 0.865. The summed E-state index contributed by atoms with van der Waals surface area (Å²) < 4.78 is -0.450. The predicted octanol–water partition coefficient (Wildman–Crippen LogP) is 1.05. The Hall–Kier alpha value is -1.76. The molecule has 24 heavy (non-hydrogen) atoms. The Kier molecular flexibility index (Phi) is 4.71. The highest BCUT2D eigenvalue weighted by atomic mass is 32.2. The number of amides is 2. The number of rotatable bonds is 2. The topological polar surface area (TPSA) is 65.5 Å². The van der Waals surface area contributed by atoms with Gasteiger partial charge in [0, 0.05) is 50.0 Å². The summed E-state index contributed by atoms with van der Waals surface area (Å²) in [6, 6.07) is 1.62. The van der Waals surface area contributed by atoms with Gasteiger partial charge in [-0.05, 0) is 32.4 Å². The van der Waals surface area contributed by atoms with E-state index >= 15 is 0 Å². The molecule has 2 aliphatic heterocycles. The summed E-state index contributed by atoms with van der Waals surface area (Å²) >= 11 is 1.55. The first-order valence-electron chi connectivity index (χ1n) is 8.28. The van der Waals surface area contributed by atoms with Crippen molar-refractivity contribution in [1.82, 2.24) is 15.2 Å². The highest BCUT2D eigenvalue weighted by molar-refractivity contribution is 8.01. The van der Waals surface area contributed by atoms with Gasteiger partial charge in [-0.1, -0.05) is 0 Å². The maximum atomic E-state index is 12.7. The van der Waals surface area contributed by atoms with Crippen molar-refractivity contribution >= 4 is 29.3 Å². The Balaban J connectivity index is 1.58. The average molecular weight is 348 g/mol. The zero-order valence-electron chi connectivity index (χ0n) is 14.4. The van der Waals surface area contributed by atoms with Crippen LogP contribution in [0.5, 0.6) is 0 Å². The van der Waals surface area contributed by atoms with Gasteiger partial charge in [0.15, 0.2) is 0 Å². The number of hydrogen-bond donors (Lipinski definition) is 1. The minimum absolute atomic E-state index is 0.0393. The molecule has 2 saturated heterocycles. The van der Waals surface area contributed by atoms with E-state index in [0.29, 0.717) is 18.8 Å². The Labute approximate surface area is 147 Å². The lowest BCUT2D eigenvalue weighted by atomic mass is 10.1. The van der Waals surface area contributed by atoms with E-state index in [1.807, 2.05) is 31.0 Å². The standard InChI is InChI=1S/C17H24N4O2S/c1-12-10-18-5-4-14(12)20-6-8-21(9-7-20)15(22)13-11-24-17(2,3)16(23)19-13/h4-5,10,13H,6-9,11H2,1-3H3,(H,19,23)/t13-/m0/s1. The van der Waals surface area contributed by atoms with E-state index in [2.05, 4.69) is 22.1 Å². The summed E-state index contributed by atoms with van der Waals surface area (Å²) in [5.74, 6) is 0.627. The summed E-state index contributed by atoms with van der Waals surface area (Å²) in [4.78, 5) is 33.1. The molecular formula is C17H24N4O2S. The first kappa shape index (κ1) is 17.1. The molecule has 7 heteroatoms. The van der Waals surface area contributed by atoms with Crippen molar-refractivity contribution in [3.05, 3.63) is 24.0 Å². The molecule has 3 rings (SSSR count). The zero-order valence-corrected chi connectivity index (χ0v) is 15.2. The van der Waals surface area contributed by atoms with Crippen LogP contribution in [0.2, 0.25) is 0 Å². The van der Waals surface area contributed by atoms with Crippen LogP contribution < -0.4 is 10.2 Å². The molecule has 2 fully saturated rings. The highest BCUT2D eigenvalue weighted by Gasteiger charge is 2.39. The highest BCUT2D eigenvalue weighted by Crippen LogP contribution is 2.29. The largest absolute Gasteiger partial charge is 0.368 e. The molecule has 130 valence electrons. The summed E-state index contributed by atoms with van der Waals surface area (Å²) in [5.41, 5.74) is 2.33. The molecule has 0 unspecified atom stereocenters. The third-order valence-electron chi connectivity index (χ3n) is 4.68. The van der Waals surface area contributed by atoms with Crippen LogP contribution in [-0.4, -0.2) is 64.4 Å². The number of carbonyl (C=O) groups is 2. The van der Waals surface area contributed by atoms with E-state index in [9.17, 15) is 9.59 Å². The molecule has 0 spiro atoms. The van der Waals surface area contributed by atoms with Crippen molar-refractivity contribution in [2.45, 2.75) is 31.6 Å². The van der Waals surface area contributed by atoms with Gasteiger partial charge in [0.1, 0.15) is 6.04 Å². The van der Waals surface area contributed by atoms with Gasteiger partial charge in [-0.3, -0.25) is 14.6 Å². The van der Waals surface area contributed by atoms with E-state index in [4.69, 9.17) is 0 Å². The number of nitrogens with zero attached hydrogens (tertiary/aromatic N) is 3. The Morgan fingerprint density at radius 2 is 2.04 bits per heavy atom. The van der Waals surface area contributed by atoms with Crippen molar-refractivity contribution in [2.75, 3.05) is 36.8 Å². The van der Waals surface area contributed by atoms with E-state index < -0.39 is 10.8 Å². The van der Waals surface area contributed by atoms with Gasteiger partial charge in [0.25, 0.3) is 0 Å². The molecule has 2 amide bonds. The molecule has 0 aromatic carbocycles. The number of piperazine rings is 1. The van der Waals surface area contributed by atoms with Crippen molar-refractivity contribution in [3.8, 4) is 0 Å². The summed E-state index contributed by atoms with van der Waals surface area (Å²) in [6.45, 7) is 8.80. The fourth-order valence-electron chi connectivity index (χ4n) is 3.07. The number of aryl methyl sites for hydroxylation is 1. The summed E-state index contributed by atoms with van der Waals surface area (Å²) in [6.07, 6.45) is 3.67. The molecule has 0 radical (unpaired) electrons. The SMILES string of the molecule is Cc1cnccc1N1CCN(C(=O)[C@@H]2CSC(C)(C)C(=O)N2)CC1. The Morgan fingerprint density at radius 1 is 1.33 bits per heavy atom. The normalized spacial score (nSPS) is 23.8. The van der Waals surface area contributed by atoms with Gasteiger partial charge in [0.05, 0.1) is 4.75 Å². The van der Waals surface area contributed by atoms with Gasteiger partial charge in [-0.25, -0.2) is 0 Å². The monoisotopic (exact) mass is 348 g/mol. The second kappa shape index (κ2) is 6.63. The minimum Gasteiger partial charge on any atom is -0.368 e. The van der Waals surface area contributed by atoms with Gasteiger partial charge < -0.3 is 15.1 Å². The molecule has 6 nitrogen and oxygen atoms in total. The molecule has 1 N–H and O–H groups in total. The minimum atomic E-state index is -0.450. The molecule has 1 atom stereocenters. The number of nitrogens with one attached hydrogen (secondary N) is 1. The van der Waals surface area contributed by atoms with Crippen LogP contribution in [-0.2, 0) is 9.59 Å². The fourth-order valence-corrected chi connectivity index (χ4v) is 4.07. The number of pyridine rings is 1. The van der Waals surface area contributed by atoms with Crippen molar-refractivity contribution < 1.29 is 9.59 Å². The van der Waals surface area contributed by atoms with Crippen LogP contribution in [0.1, 0.15) is 19.4 Å². The molecule has 1 aromatic heterocycles. The zero-order chi connectivity index (χ0) is 17.3. The second-order valence-electron chi connectivity index (χ2n) is 6.82. The number of carbonyl (C=O) groups excluding carboxylic acids is 2. The lowest BCUT2D eigenvalue weighted by Gasteiger charge is -2.40. The second-order valence-corrected chi connectivity index (χ2v) is 8.46. The molecule has 1 aromatic rings. The molecule has 2 aliphatic rings. The van der Waals surface area contributed by atoms with Crippen molar-refractivity contribution in [2.24, 2.45) is 0 Å². The number of aromatic nitrogens is 1. The maximum absolute atomic E-state index is 12.7. The lowest BCUT2D eigenvalue weighted by Crippen LogP contribution is -2.60. The van der Waals surface area contributed by atoms with Crippen LogP contribution in [0.3, 0.4) is 0 Å². The van der Waals surface area contributed by atoms with Crippen LogP contribution in [0.25, 0.3) is 0 Å². The Morgan fingerprint density at radius 3 is 2.67 bits per heavy atom. The maximum Gasteiger partial charge on any atom is 0.246 e. The first-order chi connectivity index (χ1) is 11.4. The number of hydrogen-bond acceptors (Lipinski definition) is 5. The molecule has 3 heterocycles.